The summed E-state index contributed by atoms with van der Waals surface area (Å²) in [6, 6.07) is 6.82. The van der Waals surface area contributed by atoms with Crippen molar-refractivity contribution in [2.45, 2.75) is 19.6 Å². The predicted molar refractivity (Wildman–Crippen MR) is 84.0 cm³/mol. The van der Waals surface area contributed by atoms with Crippen LogP contribution in [0.4, 0.5) is 5.69 Å². The molecule has 0 fully saturated rings. The number of amides is 1. The molecule has 0 saturated carbocycles. The Bertz CT molecular complexity index is 583. The van der Waals surface area contributed by atoms with Gasteiger partial charge in [-0.15, -0.1) is 0 Å². The molecule has 0 atom stereocenters. The zero-order valence-electron chi connectivity index (χ0n) is 12.7. The van der Waals surface area contributed by atoms with E-state index in [4.69, 9.17) is 5.73 Å². The molecule has 7 heteroatoms. The number of carbonyl (C=O) groups is 1. The van der Waals surface area contributed by atoms with Crippen molar-refractivity contribution in [3.8, 4) is 0 Å². The molecule has 0 saturated heterocycles. The van der Waals surface area contributed by atoms with E-state index in [1.165, 1.54) is 7.05 Å². The largest absolute Gasteiger partial charge is 0.398 e. The van der Waals surface area contributed by atoms with Crippen LogP contribution in [-0.4, -0.2) is 50.2 Å². The number of carbonyl (C=O) groups excluding carboxylic acids is 1. The number of benzene rings is 1. The highest BCUT2D eigenvalue weighted by atomic mass is 32.2. The molecule has 0 unspecified atom stereocenters. The van der Waals surface area contributed by atoms with E-state index in [1.54, 1.807) is 29.2 Å². The zero-order chi connectivity index (χ0) is 16.0. The van der Waals surface area contributed by atoms with Gasteiger partial charge in [-0.25, -0.2) is 8.42 Å². The molecule has 1 rings (SSSR count). The van der Waals surface area contributed by atoms with Gasteiger partial charge in [-0.1, -0.05) is 18.2 Å². The maximum absolute atomic E-state index is 12.3. The van der Waals surface area contributed by atoms with Crippen LogP contribution < -0.4 is 5.73 Å². The second kappa shape index (κ2) is 7.42. The van der Waals surface area contributed by atoms with E-state index in [2.05, 4.69) is 0 Å². The van der Waals surface area contributed by atoms with Crippen molar-refractivity contribution in [3.63, 3.8) is 0 Å². The average molecular weight is 313 g/mol. The fourth-order valence-electron chi connectivity index (χ4n) is 1.94. The standard InChI is InChI=1S/C14H23N3O3S/c1-4-17(5-2)14(18)10-16(3)21(19,20)11-12-8-6-7-9-13(12)15/h6-9H,4-5,10-11,15H2,1-3H3. The predicted octanol–water partition coefficient (Wildman–Crippen LogP) is 0.899. The molecule has 118 valence electrons. The molecule has 6 nitrogen and oxygen atoms in total. The number of hydrogen-bond donors (Lipinski definition) is 1. The minimum absolute atomic E-state index is 0.156. The molecule has 0 bridgehead atoms. The Hall–Kier alpha value is -1.60. The summed E-state index contributed by atoms with van der Waals surface area (Å²) in [6.45, 7) is 4.70. The van der Waals surface area contributed by atoms with Crippen LogP contribution in [0.25, 0.3) is 0 Å². The summed E-state index contributed by atoms with van der Waals surface area (Å²) in [6.07, 6.45) is 0. The molecule has 0 aromatic heterocycles. The van der Waals surface area contributed by atoms with Crippen LogP contribution in [0.15, 0.2) is 24.3 Å². The van der Waals surface area contributed by atoms with Gasteiger partial charge in [0, 0.05) is 25.8 Å². The van der Waals surface area contributed by atoms with Crippen LogP contribution in [0.2, 0.25) is 0 Å². The van der Waals surface area contributed by atoms with Gasteiger partial charge in [0.1, 0.15) is 0 Å². The third kappa shape index (κ3) is 4.71. The maximum atomic E-state index is 12.3. The van der Waals surface area contributed by atoms with E-state index in [1.807, 2.05) is 13.8 Å². The Morgan fingerprint density at radius 1 is 1.19 bits per heavy atom. The Morgan fingerprint density at radius 3 is 2.29 bits per heavy atom. The van der Waals surface area contributed by atoms with Crippen molar-refractivity contribution in [1.82, 2.24) is 9.21 Å². The summed E-state index contributed by atoms with van der Waals surface area (Å²) < 4.78 is 25.7. The summed E-state index contributed by atoms with van der Waals surface area (Å²) in [5, 5.41) is 0. The second-order valence-corrected chi connectivity index (χ2v) is 6.85. The first kappa shape index (κ1) is 17.5. The van der Waals surface area contributed by atoms with Crippen molar-refractivity contribution in [1.29, 1.82) is 0 Å². The highest BCUT2D eigenvalue weighted by molar-refractivity contribution is 7.88. The number of sulfonamides is 1. The molecule has 0 heterocycles. The third-order valence-electron chi connectivity index (χ3n) is 3.34. The van der Waals surface area contributed by atoms with Crippen molar-refractivity contribution in [2.75, 3.05) is 32.4 Å². The van der Waals surface area contributed by atoms with E-state index in [-0.39, 0.29) is 18.2 Å². The van der Waals surface area contributed by atoms with Crippen LogP contribution in [0, 0.1) is 0 Å². The molecular formula is C14H23N3O3S. The number of hydrogen-bond acceptors (Lipinski definition) is 4. The van der Waals surface area contributed by atoms with Crippen LogP contribution >= 0.6 is 0 Å². The number of rotatable bonds is 7. The summed E-state index contributed by atoms with van der Waals surface area (Å²) >= 11 is 0. The normalized spacial score (nSPS) is 11.6. The monoisotopic (exact) mass is 313 g/mol. The SMILES string of the molecule is CCN(CC)C(=O)CN(C)S(=O)(=O)Cc1ccccc1N. The molecule has 0 aliphatic heterocycles. The van der Waals surface area contributed by atoms with Crippen molar-refractivity contribution < 1.29 is 13.2 Å². The molecule has 0 aliphatic rings. The first-order valence-electron chi connectivity index (χ1n) is 6.87. The minimum atomic E-state index is -3.58. The van der Waals surface area contributed by atoms with Crippen molar-refractivity contribution in [2.24, 2.45) is 0 Å². The first-order chi connectivity index (χ1) is 9.81. The molecule has 1 aromatic rings. The lowest BCUT2D eigenvalue weighted by molar-refractivity contribution is -0.130. The van der Waals surface area contributed by atoms with E-state index >= 15 is 0 Å². The Kier molecular flexibility index (Phi) is 6.17. The molecule has 1 aromatic carbocycles. The smallest absolute Gasteiger partial charge is 0.237 e. The van der Waals surface area contributed by atoms with Crippen LogP contribution in [0.3, 0.4) is 0 Å². The van der Waals surface area contributed by atoms with Gasteiger partial charge in [0.25, 0.3) is 0 Å². The molecular weight excluding hydrogens is 290 g/mol. The number of para-hydroxylation sites is 1. The number of anilines is 1. The fraction of sp³-hybridized carbons (Fsp3) is 0.500. The Morgan fingerprint density at radius 2 is 1.76 bits per heavy atom. The summed E-state index contributed by atoms with van der Waals surface area (Å²) in [5.74, 6) is -0.408. The highest BCUT2D eigenvalue weighted by Gasteiger charge is 2.23. The Balaban J connectivity index is 2.79. The second-order valence-electron chi connectivity index (χ2n) is 4.78. The van der Waals surface area contributed by atoms with Crippen LogP contribution in [-0.2, 0) is 20.6 Å². The van der Waals surface area contributed by atoms with Gasteiger partial charge in [0.2, 0.25) is 15.9 Å². The summed E-state index contributed by atoms with van der Waals surface area (Å²) in [4.78, 5) is 13.6. The van der Waals surface area contributed by atoms with Gasteiger partial charge < -0.3 is 10.6 Å². The van der Waals surface area contributed by atoms with Crippen LogP contribution in [0.1, 0.15) is 19.4 Å². The lowest BCUT2D eigenvalue weighted by atomic mass is 10.2. The first-order valence-corrected chi connectivity index (χ1v) is 8.47. The topological polar surface area (TPSA) is 83.7 Å². The molecule has 21 heavy (non-hydrogen) atoms. The van der Waals surface area contributed by atoms with Gasteiger partial charge in [0.15, 0.2) is 0 Å². The Labute approximate surface area is 126 Å². The van der Waals surface area contributed by atoms with E-state index in [0.717, 1.165) is 4.31 Å². The molecule has 2 N–H and O–H groups in total. The van der Waals surface area contributed by atoms with Gasteiger partial charge >= 0.3 is 0 Å². The van der Waals surface area contributed by atoms with Crippen molar-refractivity contribution >= 4 is 21.6 Å². The van der Waals surface area contributed by atoms with E-state index < -0.39 is 10.0 Å². The van der Waals surface area contributed by atoms with Gasteiger partial charge in [-0.05, 0) is 25.5 Å². The number of nitrogen functional groups attached to an aromatic ring is 1. The number of nitrogens with zero attached hydrogens (tertiary/aromatic N) is 2. The van der Waals surface area contributed by atoms with Gasteiger partial charge in [-0.2, -0.15) is 4.31 Å². The number of likely N-dealkylation sites (N-methyl/N-ethyl adjacent to an activating group) is 2. The van der Waals surface area contributed by atoms with E-state index in [0.29, 0.717) is 24.3 Å². The molecule has 1 amide bonds. The van der Waals surface area contributed by atoms with E-state index in [9.17, 15) is 13.2 Å². The zero-order valence-corrected chi connectivity index (χ0v) is 13.6. The third-order valence-corrected chi connectivity index (χ3v) is 5.10. The maximum Gasteiger partial charge on any atom is 0.237 e. The summed E-state index contributed by atoms with van der Waals surface area (Å²) in [7, 11) is -2.16. The fourth-order valence-corrected chi connectivity index (χ4v) is 3.12. The average Bonchev–Trinajstić information content (AvgIpc) is 2.42. The highest BCUT2D eigenvalue weighted by Crippen LogP contribution is 2.16. The lowest BCUT2D eigenvalue weighted by Gasteiger charge is -2.23. The molecule has 0 aliphatic carbocycles. The number of nitrogens with two attached hydrogens (primary N) is 1. The van der Waals surface area contributed by atoms with Crippen molar-refractivity contribution in [3.05, 3.63) is 29.8 Å². The lowest BCUT2D eigenvalue weighted by Crippen LogP contribution is -2.41. The van der Waals surface area contributed by atoms with Crippen LogP contribution in [0.5, 0.6) is 0 Å². The molecule has 0 radical (unpaired) electrons. The van der Waals surface area contributed by atoms with Gasteiger partial charge in [-0.3, -0.25) is 4.79 Å². The quantitative estimate of drug-likeness (QED) is 0.758. The summed E-state index contributed by atoms with van der Waals surface area (Å²) in [5.41, 5.74) is 6.74. The molecule has 0 spiro atoms. The van der Waals surface area contributed by atoms with Gasteiger partial charge in [0.05, 0.1) is 12.3 Å². The minimum Gasteiger partial charge on any atom is -0.398 e.